The predicted octanol–water partition coefficient (Wildman–Crippen LogP) is 4.53. The number of rotatable bonds is 9. The zero-order valence-corrected chi connectivity index (χ0v) is 32.3. The van der Waals surface area contributed by atoms with E-state index < -0.39 is 19.8 Å². The van der Waals surface area contributed by atoms with E-state index in [9.17, 15) is 14.7 Å². The third-order valence-corrected chi connectivity index (χ3v) is 16.6. The van der Waals surface area contributed by atoms with Gasteiger partial charge in [0.1, 0.15) is 5.75 Å². The lowest BCUT2D eigenvalue weighted by Gasteiger charge is -2.37. The number of hydrogen-bond acceptors (Lipinski definition) is 7. The van der Waals surface area contributed by atoms with Gasteiger partial charge in [-0.05, 0) is 66.4 Å². The summed E-state index contributed by atoms with van der Waals surface area (Å²) >= 11 is 3.69. The number of aliphatic hydroxyl groups is 1. The van der Waals surface area contributed by atoms with E-state index in [-0.39, 0.29) is 48.3 Å². The number of halogens is 1. The highest BCUT2D eigenvalue weighted by atomic mass is 79.9. The Morgan fingerprint density at radius 2 is 1.88 bits per heavy atom. The molecule has 0 radical (unpaired) electrons. The second-order valence-electron chi connectivity index (χ2n) is 14.9. The molecule has 51 heavy (non-hydrogen) atoms. The number of nitrogens with one attached hydrogen (secondary N) is 1. The minimum Gasteiger partial charge on any atom is -0.497 e. The molecule has 0 saturated carbocycles. The molecule has 3 amide bonds. The van der Waals surface area contributed by atoms with Crippen LogP contribution < -0.4 is 25.0 Å². The molecule has 2 N–H and O–H groups in total. The highest BCUT2D eigenvalue weighted by molar-refractivity contribution is 9.10. The number of carbonyl (C=O) groups excluding carboxylic acids is 3. The molecule has 3 saturated heterocycles. The van der Waals surface area contributed by atoms with E-state index in [4.69, 9.17) is 9.47 Å². The number of fused-ring (bicyclic) bond motifs is 2. The van der Waals surface area contributed by atoms with Gasteiger partial charge in [0, 0.05) is 41.3 Å². The van der Waals surface area contributed by atoms with Crippen molar-refractivity contribution in [3.05, 3.63) is 82.3 Å². The van der Waals surface area contributed by atoms with Gasteiger partial charge in [0.2, 0.25) is 11.8 Å². The summed E-state index contributed by atoms with van der Waals surface area (Å²) in [5.41, 5.74) is 1.91. The highest BCUT2D eigenvalue weighted by Crippen LogP contribution is 2.60. The van der Waals surface area contributed by atoms with Crippen LogP contribution in [0, 0.1) is 5.92 Å². The molecule has 5 atom stereocenters. The van der Waals surface area contributed by atoms with Gasteiger partial charge in [-0.2, -0.15) is 0 Å². The molecule has 3 fully saturated rings. The van der Waals surface area contributed by atoms with E-state index in [1.54, 1.807) is 12.0 Å². The van der Waals surface area contributed by atoms with Crippen LogP contribution in [0.15, 0.2) is 71.2 Å². The number of piperazine rings is 1. The first kappa shape index (κ1) is 35.8. The molecule has 4 aliphatic heterocycles. The van der Waals surface area contributed by atoms with Gasteiger partial charge in [0.05, 0.1) is 59.1 Å². The van der Waals surface area contributed by atoms with Gasteiger partial charge in [-0.15, -0.1) is 0 Å². The molecule has 0 aromatic heterocycles. The lowest BCUT2D eigenvalue weighted by molar-refractivity contribution is -0.150. The Labute approximate surface area is 309 Å². The molecule has 3 aromatic rings. The summed E-state index contributed by atoms with van der Waals surface area (Å²) in [7, 11) is -0.798. The van der Waals surface area contributed by atoms with Crippen LogP contribution in [0.25, 0.3) is 0 Å². The highest BCUT2D eigenvalue weighted by Gasteiger charge is 2.66. The molecular formula is C39H47BrN4O6Si. The molecule has 7 rings (SSSR count). The number of nitrogens with zero attached hydrogens (tertiary/aromatic N) is 3. The molecule has 4 aliphatic rings. The smallest absolute Gasteiger partial charge is 0.264 e. The molecule has 4 heterocycles. The number of ether oxygens (including phenoxy) is 2. The van der Waals surface area contributed by atoms with Crippen LogP contribution in [-0.2, 0) is 31.3 Å². The van der Waals surface area contributed by atoms with Gasteiger partial charge in [-0.3, -0.25) is 14.4 Å². The second-order valence-corrected chi connectivity index (χ2v) is 20.5. The minimum atomic E-state index is -2.45. The average Bonchev–Trinajstić information content (AvgIpc) is 3.79. The van der Waals surface area contributed by atoms with Crippen LogP contribution >= 0.6 is 15.9 Å². The predicted molar refractivity (Wildman–Crippen MR) is 203 cm³/mol. The SMILES string of the molecule is COc1ccc([Si](C)(C)[C@@H]2[C@@H](CC(=O)N3CCC[C@H]3CO)O[C@]3(C(=O)N(Cc4cccc(N5CCNCC5=O)c4)c4ccc(Br)cc43)[C@H]2C)cc1. The molecular weight excluding hydrogens is 728 g/mol. The summed E-state index contributed by atoms with van der Waals surface area (Å²) in [5, 5.41) is 14.4. The Balaban J connectivity index is 1.28. The van der Waals surface area contributed by atoms with Crippen LogP contribution in [0.2, 0.25) is 18.6 Å². The summed E-state index contributed by atoms with van der Waals surface area (Å²) in [5.74, 6) is 0.355. The summed E-state index contributed by atoms with van der Waals surface area (Å²) < 4.78 is 13.5. The summed E-state index contributed by atoms with van der Waals surface area (Å²) in [6.45, 7) is 9.21. The average molecular weight is 776 g/mol. The maximum Gasteiger partial charge on any atom is 0.264 e. The van der Waals surface area contributed by atoms with E-state index in [2.05, 4.69) is 53.4 Å². The van der Waals surface area contributed by atoms with E-state index in [0.717, 1.165) is 52.1 Å². The third-order valence-electron chi connectivity index (χ3n) is 11.7. The van der Waals surface area contributed by atoms with Crippen molar-refractivity contribution in [3.8, 4) is 5.75 Å². The Morgan fingerprint density at radius 3 is 2.61 bits per heavy atom. The van der Waals surface area contributed by atoms with E-state index >= 15 is 4.79 Å². The van der Waals surface area contributed by atoms with E-state index in [0.29, 0.717) is 26.2 Å². The van der Waals surface area contributed by atoms with Gasteiger partial charge < -0.3 is 34.6 Å². The van der Waals surface area contributed by atoms with Crippen molar-refractivity contribution in [3.63, 3.8) is 0 Å². The van der Waals surface area contributed by atoms with Crippen molar-refractivity contribution in [2.75, 3.05) is 49.7 Å². The fourth-order valence-corrected chi connectivity index (χ4v) is 13.5. The molecule has 0 unspecified atom stereocenters. The van der Waals surface area contributed by atoms with Gasteiger partial charge in [-0.25, -0.2) is 0 Å². The van der Waals surface area contributed by atoms with Crippen molar-refractivity contribution in [2.24, 2.45) is 5.92 Å². The fraction of sp³-hybridized carbons (Fsp3) is 0.462. The van der Waals surface area contributed by atoms with Crippen molar-refractivity contribution in [1.82, 2.24) is 10.2 Å². The number of benzene rings is 3. The second kappa shape index (κ2) is 14.1. The van der Waals surface area contributed by atoms with E-state index in [1.807, 2.05) is 64.4 Å². The maximum atomic E-state index is 15.2. The van der Waals surface area contributed by atoms with Crippen molar-refractivity contribution < 1.29 is 29.0 Å². The molecule has 1 spiro atoms. The van der Waals surface area contributed by atoms with Crippen molar-refractivity contribution >= 4 is 58.3 Å². The maximum absolute atomic E-state index is 15.2. The Bertz CT molecular complexity index is 1820. The monoisotopic (exact) mass is 774 g/mol. The van der Waals surface area contributed by atoms with Crippen molar-refractivity contribution in [2.45, 2.75) is 69.1 Å². The number of carbonyl (C=O) groups is 3. The molecule has 10 nitrogen and oxygen atoms in total. The van der Waals surface area contributed by atoms with Crippen molar-refractivity contribution in [1.29, 1.82) is 0 Å². The van der Waals surface area contributed by atoms with Gasteiger partial charge in [0.15, 0.2) is 5.60 Å². The Kier molecular flexibility index (Phi) is 9.92. The van der Waals surface area contributed by atoms with Gasteiger partial charge in [0.25, 0.3) is 5.91 Å². The third kappa shape index (κ3) is 6.22. The lowest BCUT2D eigenvalue weighted by atomic mass is 9.82. The number of likely N-dealkylation sites (tertiary alicyclic amines) is 1. The lowest BCUT2D eigenvalue weighted by Crippen LogP contribution is -2.52. The van der Waals surface area contributed by atoms with Gasteiger partial charge in [-0.1, -0.05) is 65.4 Å². The number of aliphatic hydroxyl groups excluding tert-OH is 1. The van der Waals surface area contributed by atoms with Crippen LogP contribution in [0.4, 0.5) is 11.4 Å². The summed E-state index contributed by atoms with van der Waals surface area (Å²) in [4.78, 5) is 47.4. The number of amides is 3. The van der Waals surface area contributed by atoms with E-state index in [1.165, 1.54) is 5.19 Å². The van der Waals surface area contributed by atoms with Crippen LogP contribution in [-0.4, -0.2) is 87.8 Å². The normalized spacial score (nSPS) is 26.4. The van der Waals surface area contributed by atoms with Gasteiger partial charge >= 0.3 is 0 Å². The zero-order chi connectivity index (χ0) is 36.1. The zero-order valence-electron chi connectivity index (χ0n) is 29.7. The molecule has 0 bridgehead atoms. The summed E-state index contributed by atoms with van der Waals surface area (Å²) in [6.07, 6.45) is 1.26. The molecule has 270 valence electrons. The standard InChI is InChI=1S/C39H47BrN4O6Si/c1-25-37(51(3,4)31-13-11-30(49-2)12-14-31)34(21-35(46)42-17-6-9-29(42)24-45)50-39(25)32-20-27(40)10-15-33(32)44(38(39)48)23-26-7-5-8-28(19-26)43-18-16-41-22-36(43)47/h5,7-8,10-15,19-20,25,29,34,37,41,45H,6,9,16-18,21-24H2,1-4H3/t25-,29-,34+,37-,39+/m0/s1. The Morgan fingerprint density at radius 1 is 1.10 bits per heavy atom. The first-order valence-electron chi connectivity index (χ1n) is 17.9. The largest absolute Gasteiger partial charge is 0.497 e. The molecule has 3 aromatic carbocycles. The van der Waals surface area contributed by atoms with Crippen LogP contribution in [0.3, 0.4) is 0 Å². The van der Waals surface area contributed by atoms with Crippen LogP contribution in [0.1, 0.15) is 37.3 Å². The topological polar surface area (TPSA) is 112 Å². The van der Waals surface area contributed by atoms with Crippen LogP contribution in [0.5, 0.6) is 5.75 Å². The minimum absolute atomic E-state index is 0.0208. The quantitative estimate of drug-likeness (QED) is 0.308. The molecule has 0 aliphatic carbocycles. The Hall–Kier alpha value is -3.55. The first-order valence-corrected chi connectivity index (χ1v) is 21.8. The first-order chi connectivity index (χ1) is 24.5. The molecule has 12 heteroatoms. The number of anilines is 2. The number of methoxy groups -OCH3 is 1. The fourth-order valence-electron chi connectivity index (χ4n) is 9.17. The number of hydrogen-bond donors (Lipinski definition) is 2. The summed E-state index contributed by atoms with van der Waals surface area (Å²) in [6, 6.07) is 21.8.